The lowest BCUT2D eigenvalue weighted by Crippen LogP contribution is -2.40. The van der Waals surface area contributed by atoms with Crippen LogP contribution in [0, 0.1) is 11.8 Å². The molecule has 4 nitrogen and oxygen atoms in total. The number of piperidine rings is 1. The maximum Gasteiger partial charge on any atom is 0.416 e. The van der Waals surface area contributed by atoms with Gasteiger partial charge in [-0.05, 0) is 90.6 Å². The fraction of sp³-hybridized carbons (Fsp3) is 0.419. The molecule has 0 spiro atoms. The van der Waals surface area contributed by atoms with Crippen molar-refractivity contribution >= 4 is 5.97 Å². The molecule has 0 radical (unpaired) electrons. The van der Waals surface area contributed by atoms with Crippen LogP contribution in [0.1, 0.15) is 74.7 Å². The zero-order valence-electron chi connectivity index (χ0n) is 21.9. The Morgan fingerprint density at radius 2 is 1.61 bits per heavy atom. The van der Waals surface area contributed by atoms with Crippen LogP contribution in [0.5, 0.6) is 0 Å². The van der Waals surface area contributed by atoms with Crippen molar-refractivity contribution in [2.45, 2.75) is 64.2 Å². The Kier molecular flexibility index (Phi) is 8.87. The Labute approximate surface area is 222 Å². The van der Waals surface area contributed by atoms with E-state index in [1.54, 1.807) is 24.5 Å². The Morgan fingerprint density at radius 3 is 2.18 bits per heavy atom. The first-order valence-electron chi connectivity index (χ1n) is 13.3. The Bertz CT molecular complexity index is 1180. The molecule has 1 saturated heterocycles. The molecule has 3 aromatic rings. The Hall–Kier alpha value is -3.19. The van der Waals surface area contributed by atoms with Gasteiger partial charge in [-0.15, -0.1) is 0 Å². The van der Waals surface area contributed by atoms with Crippen molar-refractivity contribution < 1.29 is 23.1 Å². The number of alkyl halides is 3. The smallest absolute Gasteiger partial charge is 0.416 e. The lowest BCUT2D eigenvalue weighted by atomic mass is 9.82. The van der Waals surface area contributed by atoms with Crippen molar-refractivity contribution in [3.63, 3.8) is 0 Å². The van der Waals surface area contributed by atoms with E-state index in [2.05, 4.69) is 48.0 Å². The van der Waals surface area contributed by atoms with E-state index in [-0.39, 0.29) is 24.4 Å². The second kappa shape index (κ2) is 12.1. The third kappa shape index (κ3) is 7.01. The second-order valence-corrected chi connectivity index (χ2v) is 10.7. The fourth-order valence-electron chi connectivity index (χ4n) is 5.54. The summed E-state index contributed by atoms with van der Waals surface area (Å²) >= 11 is 0. The van der Waals surface area contributed by atoms with Gasteiger partial charge in [0, 0.05) is 30.9 Å². The van der Waals surface area contributed by atoms with Crippen molar-refractivity contribution in [2.75, 3.05) is 6.54 Å². The van der Waals surface area contributed by atoms with Gasteiger partial charge in [-0.25, -0.2) is 0 Å². The maximum atomic E-state index is 13.2. The van der Waals surface area contributed by atoms with Crippen molar-refractivity contribution in [1.29, 1.82) is 0 Å². The van der Waals surface area contributed by atoms with E-state index >= 15 is 0 Å². The molecular formula is C31H35F3N2O2. The van der Waals surface area contributed by atoms with Crippen LogP contribution in [0.4, 0.5) is 13.2 Å². The molecule has 1 aromatic heterocycles. The van der Waals surface area contributed by atoms with E-state index in [0.717, 1.165) is 53.6 Å². The minimum atomic E-state index is -4.40. The van der Waals surface area contributed by atoms with Crippen molar-refractivity contribution in [3.05, 3.63) is 89.7 Å². The predicted molar refractivity (Wildman–Crippen MR) is 142 cm³/mol. The highest BCUT2D eigenvalue weighted by atomic mass is 19.4. The van der Waals surface area contributed by atoms with Crippen LogP contribution in [0.15, 0.2) is 73.1 Å². The molecular weight excluding hydrogens is 489 g/mol. The van der Waals surface area contributed by atoms with Crippen LogP contribution in [-0.2, 0) is 11.0 Å². The summed E-state index contributed by atoms with van der Waals surface area (Å²) in [4.78, 5) is 18.0. The molecule has 0 amide bonds. The van der Waals surface area contributed by atoms with Gasteiger partial charge in [-0.1, -0.05) is 50.2 Å². The first kappa shape index (κ1) is 27.8. The maximum absolute atomic E-state index is 13.2. The van der Waals surface area contributed by atoms with E-state index < -0.39 is 17.7 Å². The molecule has 0 bridgehead atoms. The van der Waals surface area contributed by atoms with Crippen LogP contribution in [0.2, 0.25) is 0 Å². The molecule has 202 valence electrons. The summed E-state index contributed by atoms with van der Waals surface area (Å²) in [5, 5.41) is 9.42. The number of rotatable bonds is 9. The number of nitrogens with zero attached hydrogens (tertiary/aromatic N) is 2. The van der Waals surface area contributed by atoms with Gasteiger partial charge in [-0.2, -0.15) is 13.2 Å². The lowest BCUT2D eigenvalue weighted by molar-refractivity contribution is -0.139. The molecule has 2 aromatic carbocycles. The third-order valence-corrected chi connectivity index (χ3v) is 7.57. The second-order valence-electron chi connectivity index (χ2n) is 10.7. The molecule has 0 aliphatic carbocycles. The van der Waals surface area contributed by atoms with Gasteiger partial charge in [0.05, 0.1) is 5.56 Å². The summed E-state index contributed by atoms with van der Waals surface area (Å²) in [5.74, 6) is -0.351. The normalized spacial score (nSPS) is 19.4. The third-order valence-electron chi connectivity index (χ3n) is 7.57. The molecule has 3 unspecified atom stereocenters. The summed E-state index contributed by atoms with van der Waals surface area (Å²) in [5.41, 5.74) is 3.47. The number of carboxylic acid groups (broad SMARTS) is 1. The van der Waals surface area contributed by atoms with Gasteiger partial charge in [0.25, 0.3) is 0 Å². The number of carbonyl (C=O) groups is 1. The van der Waals surface area contributed by atoms with Crippen LogP contribution >= 0.6 is 0 Å². The topological polar surface area (TPSA) is 53.4 Å². The average molecular weight is 525 g/mol. The highest BCUT2D eigenvalue weighted by Gasteiger charge is 2.36. The first-order valence-corrected chi connectivity index (χ1v) is 13.3. The summed E-state index contributed by atoms with van der Waals surface area (Å²) in [6.07, 6.45) is 2.48. The molecule has 1 fully saturated rings. The number of pyridine rings is 1. The highest BCUT2D eigenvalue weighted by molar-refractivity contribution is 5.67. The van der Waals surface area contributed by atoms with Gasteiger partial charge >= 0.3 is 12.1 Å². The molecule has 7 heteroatoms. The van der Waals surface area contributed by atoms with E-state index in [0.29, 0.717) is 18.9 Å². The van der Waals surface area contributed by atoms with E-state index in [9.17, 15) is 23.1 Å². The largest absolute Gasteiger partial charge is 0.481 e. The molecule has 38 heavy (non-hydrogen) atoms. The van der Waals surface area contributed by atoms with Crippen molar-refractivity contribution in [1.82, 2.24) is 9.88 Å². The molecule has 4 rings (SSSR count). The van der Waals surface area contributed by atoms with Crippen LogP contribution in [-0.4, -0.2) is 27.5 Å². The quantitative estimate of drug-likeness (QED) is 0.307. The van der Waals surface area contributed by atoms with Gasteiger partial charge in [0.15, 0.2) is 0 Å². The van der Waals surface area contributed by atoms with Gasteiger partial charge in [-0.3, -0.25) is 14.7 Å². The number of benzene rings is 2. The fourth-order valence-corrected chi connectivity index (χ4v) is 5.54. The predicted octanol–water partition coefficient (Wildman–Crippen LogP) is 8.17. The average Bonchev–Trinajstić information content (AvgIpc) is 2.89. The standard InChI is InChI=1S/C31H35F3N2O2/c1-21(2)3-12-28(25-6-4-23(5-7-25)24-13-16-35-17-14-24)36-18-15-22(20-30(37)38)19-29(36)26-8-10-27(11-9-26)31(32,33)34/h4-11,13-14,16-17,21-22,28-29H,3,12,15,18-20H2,1-2H3,(H,37,38). The minimum Gasteiger partial charge on any atom is -0.481 e. The monoisotopic (exact) mass is 524 g/mol. The molecule has 1 N–H and O–H groups in total. The van der Waals surface area contributed by atoms with Crippen LogP contribution in [0.3, 0.4) is 0 Å². The SMILES string of the molecule is CC(C)CCC(c1ccc(-c2ccncc2)cc1)N1CCC(CC(=O)O)CC1c1ccc(C(F)(F)F)cc1. The Morgan fingerprint density at radius 1 is 0.974 bits per heavy atom. The highest BCUT2D eigenvalue weighted by Crippen LogP contribution is 2.43. The van der Waals surface area contributed by atoms with Crippen molar-refractivity contribution in [2.24, 2.45) is 11.8 Å². The first-order chi connectivity index (χ1) is 18.1. The molecule has 1 aliphatic rings. The lowest BCUT2D eigenvalue weighted by Gasteiger charge is -2.44. The number of aromatic nitrogens is 1. The summed E-state index contributed by atoms with van der Waals surface area (Å²) < 4.78 is 39.7. The zero-order chi connectivity index (χ0) is 27.3. The van der Waals surface area contributed by atoms with E-state index in [4.69, 9.17) is 0 Å². The molecule has 1 aliphatic heterocycles. The van der Waals surface area contributed by atoms with Crippen LogP contribution < -0.4 is 0 Å². The van der Waals surface area contributed by atoms with Gasteiger partial charge < -0.3 is 5.11 Å². The van der Waals surface area contributed by atoms with Crippen LogP contribution in [0.25, 0.3) is 11.1 Å². The van der Waals surface area contributed by atoms with Gasteiger partial charge in [0.2, 0.25) is 0 Å². The number of hydrogen-bond donors (Lipinski definition) is 1. The number of hydrogen-bond acceptors (Lipinski definition) is 3. The minimum absolute atomic E-state index is 0.0177. The molecule has 2 heterocycles. The summed E-state index contributed by atoms with van der Waals surface area (Å²) in [6.45, 7) is 5.07. The van der Waals surface area contributed by atoms with Gasteiger partial charge in [0.1, 0.15) is 0 Å². The number of likely N-dealkylation sites (tertiary alicyclic amines) is 1. The van der Waals surface area contributed by atoms with E-state index in [1.807, 2.05) is 12.1 Å². The van der Waals surface area contributed by atoms with Crippen molar-refractivity contribution in [3.8, 4) is 11.1 Å². The zero-order valence-corrected chi connectivity index (χ0v) is 21.9. The summed E-state index contributed by atoms with van der Waals surface area (Å²) in [7, 11) is 0. The number of aliphatic carboxylic acids is 1. The summed E-state index contributed by atoms with van der Waals surface area (Å²) in [6, 6.07) is 17.8. The molecule has 3 atom stereocenters. The van der Waals surface area contributed by atoms with E-state index in [1.165, 1.54) is 0 Å². The Balaban J connectivity index is 1.68. The molecule has 0 saturated carbocycles. The number of halogens is 3. The number of carboxylic acids is 1.